The molecule has 0 radical (unpaired) electrons. The lowest BCUT2D eigenvalue weighted by Crippen LogP contribution is -2.61. The van der Waals surface area contributed by atoms with Gasteiger partial charge in [0.15, 0.2) is 11.9 Å². The van der Waals surface area contributed by atoms with Crippen LogP contribution in [-0.2, 0) is 9.53 Å². The summed E-state index contributed by atoms with van der Waals surface area (Å²) in [6, 6.07) is 5.19. The predicted octanol–water partition coefficient (Wildman–Crippen LogP) is -1.13. The van der Waals surface area contributed by atoms with Gasteiger partial charge in [0.05, 0.1) is 4.92 Å². The highest BCUT2D eigenvalue weighted by molar-refractivity contribution is 5.73. The molecule has 0 bridgehead atoms. The summed E-state index contributed by atoms with van der Waals surface area (Å²) in [6.45, 7) is 0. The van der Waals surface area contributed by atoms with E-state index in [1.54, 1.807) is 0 Å². The number of aliphatic carboxylic acids is 1. The first-order valence-electron chi connectivity index (χ1n) is 6.15. The molecule has 4 N–H and O–H groups in total. The Morgan fingerprint density at radius 1 is 1.18 bits per heavy atom. The molecule has 1 aromatic carbocycles. The third-order valence-electron chi connectivity index (χ3n) is 3.12. The second-order valence-corrected chi connectivity index (χ2v) is 4.58. The van der Waals surface area contributed by atoms with Gasteiger partial charge in [-0.25, -0.2) is 4.79 Å². The number of nitrogens with zero attached hydrogens (tertiary/aromatic N) is 1. The third-order valence-corrected chi connectivity index (χ3v) is 3.12. The Hall–Kier alpha value is -2.27. The molecule has 5 atom stereocenters. The maximum absolute atomic E-state index is 10.9. The van der Waals surface area contributed by atoms with Gasteiger partial charge in [0, 0.05) is 6.07 Å². The Kier molecular flexibility index (Phi) is 4.56. The molecule has 0 aromatic heterocycles. The number of aliphatic hydroxyl groups is 3. The Labute approximate surface area is 123 Å². The number of carboxylic acid groups (broad SMARTS) is 1. The average molecular weight is 315 g/mol. The minimum absolute atomic E-state index is 0.274. The van der Waals surface area contributed by atoms with Gasteiger partial charge >= 0.3 is 11.7 Å². The maximum atomic E-state index is 10.9. The number of hydrogen-bond acceptors (Lipinski definition) is 8. The van der Waals surface area contributed by atoms with E-state index in [0.717, 1.165) is 6.07 Å². The van der Waals surface area contributed by atoms with Crippen molar-refractivity contribution in [3.05, 3.63) is 34.4 Å². The minimum Gasteiger partial charge on any atom is -0.479 e. The van der Waals surface area contributed by atoms with E-state index in [1.165, 1.54) is 18.2 Å². The van der Waals surface area contributed by atoms with Crippen LogP contribution in [0.25, 0.3) is 0 Å². The monoisotopic (exact) mass is 315 g/mol. The molecule has 1 saturated heterocycles. The van der Waals surface area contributed by atoms with E-state index in [0.29, 0.717) is 0 Å². The fraction of sp³-hybridized carbons (Fsp3) is 0.417. The van der Waals surface area contributed by atoms with Crippen LogP contribution in [0, 0.1) is 10.1 Å². The summed E-state index contributed by atoms with van der Waals surface area (Å²) < 4.78 is 9.99. The summed E-state index contributed by atoms with van der Waals surface area (Å²) in [6.07, 6.45) is -9.03. The molecule has 0 aliphatic carbocycles. The van der Waals surface area contributed by atoms with Crippen LogP contribution in [0.5, 0.6) is 5.75 Å². The molecule has 1 aromatic rings. The molecule has 0 unspecified atom stereocenters. The van der Waals surface area contributed by atoms with Gasteiger partial charge < -0.3 is 29.9 Å². The molecule has 1 fully saturated rings. The molecule has 1 aliphatic rings. The van der Waals surface area contributed by atoms with E-state index in [9.17, 15) is 30.2 Å². The molecule has 120 valence electrons. The van der Waals surface area contributed by atoms with Gasteiger partial charge in [-0.3, -0.25) is 10.1 Å². The van der Waals surface area contributed by atoms with Gasteiger partial charge in [-0.1, -0.05) is 12.1 Å². The van der Waals surface area contributed by atoms with Gasteiger partial charge in [-0.2, -0.15) is 0 Å². The van der Waals surface area contributed by atoms with Crippen molar-refractivity contribution in [1.29, 1.82) is 0 Å². The Morgan fingerprint density at radius 2 is 1.82 bits per heavy atom. The molecule has 10 heteroatoms. The van der Waals surface area contributed by atoms with Crippen molar-refractivity contribution in [2.45, 2.75) is 30.7 Å². The molecule has 0 spiro atoms. The highest BCUT2D eigenvalue weighted by Crippen LogP contribution is 2.30. The molecule has 1 heterocycles. The van der Waals surface area contributed by atoms with Crippen molar-refractivity contribution < 1.29 is 39.6 Å². The molecule has 1 aliphatic heterocycles. The fourth-order valence-corrected chi connectivity index (χ4v) is 1.98. The van der Waals surface area contributed by atoms with E-state index in [1.807, 2.05) is 0 Å². The number of ether oxygens (including phenoxy) is 2. The van der Waals surface area contributed by atoms with Crippen LogP contribution < -0.4 is 4.74 Å². The lowest BCUT2D eigenvalue weighted by Gasteiger charge is -2.38. The van der Waals surface area contributed by atoms with Crippen LogP contribution in [0.3, 0.4) is 0 Å². The second-order valence-electron chi connectivity index (χ2n) is 4.58. The number of carbonyl (C=O) groups is 1. The van der Waals surface area contributed by atoms with Crippen molar-refractivity contribution >= 4 is 11.7 Å². The Balaban J connectivity index is 2.25. The van der Waals surface area contributed by atoms with Crippen LogP contribution in [0.15, 0.2) is 24.3 Å². The summed E-state index contributed by atoms with van der Waals surface area (Å²) >= 11 is 0. The van der Waals surface area contributed by atoms with Crippen molar-refractivity contribution in [3.8, 4) is 5.75 Å². The minimum atomic E-state index is -1.86. The second kappa shape index (κ2) is 6.23. The Morgan fingerprint density at radius 3 is 2.41 bits per heavy atom. The largest absolute Gasteiger partial charge is 0.479 e. The van der Waals surface area contributed by atoms with Crippen LogP contribution >= 0.6 is 0 Å². The quantitative estimate of drug-likeness (QED) is 0.398. The molecular weight excluding hydrogens is 302 g/mol. The molecule has 0 amide bonds. The number of rotatable bonds is 4. The summed E-state index contributed by atoms with van der Waals surface area (Å²) in [5, 5.41) is 48.7. The highest BCUT2D eigenvalue weighted by Gasteiger charge is 2.48. The lowest BCUT2D eigenvalue weighted by atomic mass is 9.99. The summed E-state index contributed by atoms with van der Waals surface area (Å²) in [7, 11) is 0. The first-order chi connectivity index (χ1) is 10.3. The van der Waals surface area contributed by atoms with Crippen LogP contribution in [-0.4, -0.2) is 62.0 Å². The Bertz CT molecular complexity index is 577. The van der Waals surface area contributed by atoms with E-state index in [-0.39, 0.29) is 5.75 Å². The van der Waals surface area contributed by atoms with E-state index < -0.39 is 47.3 Å². The van der Waals surface area contributed by atoms with Crippen molar-refractivity contribution in [2.75, 3.05) is 0 Å². The number of nitro groups is 1. The standard InChI is InChI=1S/C12H13NO9/c14-7-8(15)10(11(17)18)22-12(9(7)16)21-6-4-2-1-3-5(6)13(19)20/h1-4,7-10,12,14-16H,(H,17,18)/t7-,8-,9+,10-,12+/m1/s1. The molecule has 10 nitrogen and oxygen atoms in total. The summed E-state index contributed by atoms with van der Waals surface area (Å²) in [5.74, 6) is -1.85. The van der Waals surface area contributed by atoms with Gasteiger partial charge in [-0.15, -0.1) is 0 Å². The number of benzene rings is 1. The number of nitro benzene ring substituents is 1. The molecule has 22 heavy (non-hydrogen) atoms. The van der Waals surface area contributed by atoms with Crippen LogP contribution in [0.2, 0.25) is 0 Å². The number of hydrogen-bond donors (Lipinski definition) is 4. The fourth-order valence-electron chi connectivity index (χ4n) is 1.98. The zero-order valence-corrected chi connectivity index (χ0v) is 11.0. The normalized spacial score (nSPS) is 31.5. The zero-order valence-electron chi connectivity index (χ0n) is 11.0. The van der Waals surface area contributed by atoms with Crippen molar-refractivity contribution in [3.63, 3.8) is 0 Å². The topological polar surface area (TPSA) is 160 Å². The predicted molar refractivity (Wildman–Crippen MR) is 68.0 cm³/mol. The number of aliphatic hydroxyl groups excluding tert-OH is 3. The van der Waals surface area contributed by atoms with Crippen molar-refractivity contribution in [2.24, 2.45) is 0 Å². The lowest BCUT2D eigenvalue weighted by molar-refractivity contribution is -0.387. The van der Waals surface area contributed by atoms with E-state index >= 15 is 0 Å². The van der Waals surface area contributed by atoms with Gasteiger partial charge in [0.25, 0.3) is 0 Å². The molecule has 0 saturated carbocycles. The smallest absolute Gasteiger partial charge is 0.335 e. The van der Waals surface area contributed by atoms with E-state index in [2.05, 4.69) is 0 Å². The van der Waals surface area contributed by atoms with Gasteiger partial charge in [-0.05, 0) is 6.07 Å². The molecule has 2 rings (SSSR count). The SMILES string of the molecule is O=C(O)[C@@H]1O[C@H](Oc2ccccc2[N+](=O)[O-])[C@@H](O)[C@H](O)[C@H]1O. The van der Waals surface area contributed by atoms with Crippen molar-refractivity contribution in [1.82, 2.24) is 0 Å². The van der Waals surface area contributed by atoms with Crippen LogP contribution in [0.4, 0.5) is 5.69 Å². The highest BCUT2D eigenvalue weighted by atomic mass is 16.7. The average Bonchev–Trinajstić information content (AvgIpc) is 2.47. The third kappa shape index (κ3) is 2.99. The van der Waals surface area contributed by atoms with Gasteiger partial charge in [0.1, 0.15) is 18.3 Å². The number of carboxylic acids is 1. The van der Waals surface area contributed by atoms with Crippen LogP contribution in [0.1, 0.15) is 0 Å². The maximum Gasteiger partial charge on any atom is 0.335 e. The first kappa shape index (κ1) is 16.1. The number of para-hydroxylation sites is 2. The summed E-state index contributed by atoms with van der Waals surface area (Å²) in [5.41, 5.74) is -0.425. The summed E-state index contributed by atoms with van der Waals surface area (Å²) in [4.78, 5) is 21.1. The first-order valence-corrected chi connectivity index (χ1v) is 6.15. The zero-order chi connectivity index (χ0) is 16.4. The van der Waals surface area contributed by atoms with Gasteiger partial charge in [0.2, 0.25) is 6.29 Å². The molecular formula is C12H13NO9. The van der Waals surface area contributed by atoms with E-state index in [4.69, 9.17) is 14.6 Å².